The van der Waals surface area contributed by atoms with Crippen LogP contribution < -0.4 is 11.1 Å². The quantitative estimate of drug-likeness (QED) is 0.779. The van der Waals surface area contributed by atoms with Crippen LogP contribution in [0.5, 0.6) is 0 Å². The predicted octanol–water partition coefficient (Wildman–Crippen LogP) is 1.87. The highest BCUT2D eigenvalue weighted by Gasteiger charge is 2.04. The lowest BCUT2D eigenvalue weighted by atomic mass is 10.2. The molecule has 0 heterocycles. The van der Waals surface area contributed by atoms with Crippen LogP contribution in [0.1, 0.15) is 17.3 Å². The van der Waals surface area contributed by atoms with Crippen LogP contribution in [0.25, 0.3) is 0 Å². The van der Waals surface area contributed by atoms with Gasteiger partial charge < -0.3 is 11.1 Å². The summed E-state index contributed by atoms with van der Waals surface area (Å²) in [5, 5.41) is 3.62. The van der Waals surface area contributed by atoms with Crippen LogP contribution in [0.2, 0.25) is 5.02 Å². The molecular weight excluding hydrogens is 188 g/mol. The largest absolute Gasteiger partial charge is 0.384 e. The summed E-state index contributed by atoms with van der Waals surface area (Å²) in [4.78, 5) is 10.8. The Morgan fingerprint density at radius 1 is 1.62 bits per heavy atom. The van der Waals surface area contributed by atoms with E-state index in [1.54, 1.807) is 18.2 Å². The fourth-order valence-corrected chi connectivity index (χ4v) is 1.19. The molecule has 0 saturated heterocycles. The number of halogens is 1. The van der Waals surface area contributed by atoms with Crippen LogP contribution in [0.15, 0.2) is 18.2 Å². The molecule has 3 N–H and O–H groups in total. The lowest BCUT2D eigenvalue weighted by molar-refractivity contribution is 0.100. The maximum Gasteiger partial charge on any atom is 0.248 e. The van der Waals surface area contributed by atoms with Crippen molar-refractivity contribution >= 4 is 23.2 Å². The predicted molar refractivity (Wildman–Crippen MR) is 54.1 cm³/mol. The minimum absolute atomic E-state index is 0.448. The fourth-order valence-electron chi connectivity index (χ4n) is 1.00. The standard InChI is InChI=1S/C9H11ClN2O/c1-2-12-8-5-6(9(11)13)3-4-7(8)10/h3-5,12H,2H2,1H3,(H2,11,13). The maximum atomic E-state index is 10.8. The summed E-state index contributed by atoms with van der Waals surface area (Å²) in [6.45, 7) is 2.70. The molecule has 1 aromatic rings. The molecule has 1 aromatic carbocycles. The van der Waals surface area contributed by atoms with Gasteiger partial charge in [0, 0.05) is 12.1 Å². The van der Waals surface area contributed by atoms with E-state index >= 15 is 0 Å². The molecule has 1 amide bonds. The molecule has 0 aliphatic carbocycles. The molecule has 70 valence electrons. The molecular formula is C9H11ClN2O. The summed E-state index contributed by atoms with van der Waals surface area (Å²) < 4.78 is 0. The molecule has 3 nitrogen and oxygen atoms in total. The average Bonchev–Trinajstić information content (AvgIpc) is 2.08. The van der Waals surface area contributed by atoms with E-state index in [0.29, 0.717) is 10.6 Å². The van der Waals surface area contributed by atoms with Gasteiger partial charge in [0.2, 0.25) is 5.91 Å². The van der Waals surface area contributed by atoms with Crippen molar-refractivity contribution in [2.24, 2.45) is 5.73 Å². The van der Waals surface area contributed by atoms with Gasteiger partial charge in [0.1, 0.15) is 0 Å². The summed E-state index contributed by atoms with van der Waals surface area (Å²) in [6.07, 6.45) is 0. The van der Waals surface area contributed by atoms with Crippen molar-refractivity contribution in [1.29, 1.82) is 0 Å². The molecule has 4 heteroatoms. The Morgan fingerprint density at radius 2 is 2.31 bits per heavy atom. The van der Waals surface area contributed by atoms with E-state index in [9.17, 15) is 4.79 Å². The van der Waals surface area contributed by atoms with E-state index in [-0.39, 0.29) is 0 Å². The Balaban J connectivity index is 3.03. The van der Waals surface area contributed by atoms with Crippen LogP contribution in [0.3, 0.4) is 0 Å². The van der Waals surface area contributed by atoms with Crippen LogP contribution in [-0.2, 0) is 0 Å². The Kier molecular flexibility index (Phi) is 3.14. The van der Waals surface area contributed by atoms with E-state index in [1.165, 1.54) is 0 Å². The van der Waals surface area contributed by atoms with Gasteiger partial charge in [0.05, 0.1) is 10.7 Å². The van der Waals surface area contributed by atoms with Crippen molar-refractivity contribution in [2.75, 3.05) is 11.9 Å². The van der Waals surface area contributed by atoms with Crippen molar-refractivity contribution in [3.8, 4) is 0 Å². The summed E-state index contributed by atoms with van der Waals surface area (Å²) in [6, 6.07) is 4.90. The lowest BCUT2D eigenvalue weighted by Crippen LogP contribution is -2.11. The zero-order valence-corrected chi connectivity index (χ0v) is 8.06. The number of amides is 1. The number of anilines is 1. The van der Waals surface area contributed by atoms with Crippen LogP contribution in [0, 0.1) is 0 Å². The van der Waals surface area contributed by atoms with Gasteiger partial charge in [-0.05, 0) is 25.1 Å². The summed E-state index contributed by atoms with van der Waals surface area (Å²) in [7, 11) is 0. The Morgan fingerprint density at radius 3 is 2.85 bits per heavy atom. The van der Waals surface area contributed by atoms with E-state index < -0.39 is 5.91 Å². The number of primary amides is 1. The van der Waals surface area contributed by atoms with Gasteiger partial charge >= 0.3 is 0 Å². The molecule has 13 heavy (non-hydrogen) atoms. The number of rotatable bonds is 3. The number of nitrogens with one attached hydrogen (secondary N) is 1. The summed E-state index contributed by atoms with van der Waals surface area (Å²) in [5.41, 5.74) is 6.31. The van der Waals surface area contributed by atoms with Crippen LogP contribution >= 0.6 is 11.6 Å². The second-order valence-corrected chi connectivity index (χ2v) is 3.00. The smallest absolute Gasteiger partial charge is 0.248 e. The molecule has 0 saturated carbocycles. The number of carbonyl (C=O) groups excluding carboxylic acids is 1. The molecule has 0 radical (unpaired) electrons. The Bertz CT molecular complexity index is 325. The third-order valence-corrected chi connectivity index (χ3v) is 1.95. The first-order valence-corrected chi connectivity index (χ1v) is 4.36. The molecule has 1 rings (SSSR count). The highest BCUT2D eigenvalue weighted by molar-refractivity contribution is 6.33. The van der Waals surface area contributed by atoms with E-state index in [0.717, 1.165) is 12.2 Å². The minimum Gasteiger partial charge on any atom is -0.384 e. The number of nitrogens with two attached hydrogens (primary N) is 1. The molecule has 0 atom stereocenters. The topological polar surface area (TPSA) is 55.1 Å². The maximum absolute atomic E-state index is 10.8. The molecule has 0 unspecified atom stereocenters. The van der Waals surface area contributed by atoms with Crippen LogP contribution in [0.4, 0.5) is 5.69 Å². The SMILES string of the molecule is CCNc1cc(C(N)=O)ccc1Cl. The van der Waals surface area contributed by atoms with Crippen molar-refractivity contribution in [3.63, 3.8) is 0 Å². The molecule has 0 fully saturated rings. The van der Waals surface area contributed by atoms with Gasteiger partial charge in [0.25, 0.3) is 0 Å². The number of carbonyl (C=O) groups is 1. The molecule has 0 aliphatic rings. The van der Waals surface area contributed by atoms with Gasteiger partial charge in [-0.3, -0.25) is 4.79 Å². The van der Waals surface area contributed by atoms with Crippen molar-refractivity contribution in [1.82, 2.24) is 0 Å². The summed E-state index contributed by atoms with van der Waals surface area (Å²) in [5.74, 6) is -0.448. The highest BCUT2D eigenvalue weighted by atomic mass is 35.5. The molecule has 0 aromatic heterocycles. The van der Waals surface area contributed by atoms with Gasteiger partial charge in [0.15, 0.2) is 0 Å². The van der Waals surface area contributed by atoms with Crippen molar-refractivity contribution < 1.29 is 4.79 Å². The third kappa shape index (κ3) is 2.36. The number of benzene rings is 1. The fraction of sp³-hybridized carbons (Fsp3) is 0.222. The second-order valence-electron chi connectivity index (χ2n) is 2.59. The zero-order chi connectivity index (χ0) is 9.84. The first kappa shape index (κ1) is 9.86. The Hall–Kier alpha value is -1.22. The van der Waals surface area contributed by atoms with E-state index in [2.05, 4.69) is 5.32 Å². The lowest BCUT2D eigenvalue weighted by Gasteiger charge is -2.06. The van der Waals surface area contributed by atoms with Gasteiger partial charge in [-0.1, -0.05) is 11.6 Å². The zero-order valence-electron chi connectivity index (χ0n) is 7.30. The number of hydrogen-bond donors (Lipinski definition) is 2. The normalized spacial score (nSPS) is 9.69. The van der Waals surface area contributed by atoms with Gasteiger partial charge in [-0.2, -0.15) is 0 Å². The first-order chi connectivity index (χ1) is 6.15. The Labute approximate surface area is 81.9 Å². The third-order valence-electron chi connectivity index (χ3n) is 1.62. The van der Waals surface area contributed by atoms with Crippen LogP contribution in [-0.4, -0.2) is 12.5 Å². The summed E-state index contributed by atoms with van der Waals surface area (Å²) >= 11 is 5.87. The molecule has 0 spiro atoms. The van der Waals surface area contributed by atoms with Gasteiger partial charge in [-0.15, -0.1) is 0 Å². The molecule has 0 bridgehead atoms. The monoisotopic (exact) mass is 198 g/mol. The van der Waals surface area contributed by atoms with E-state index in [1.807, 2.05) is 6.92 Å². The van der Waals surface area contributed by atoms with E-state index in [4.69, 9.17) is 17.3 Å². The average molecular weight is 199 g/mol. The highest BCUT2D eigenvalue weighted by Crippen LogP contribution is 2.22. The van der Waals surface area contributed by atoms with Crippen molar-refractivity contribution in [2.45, 2.75) is 6.92 Å². The molecule has 0 aliphatic heterocycles. The second kappa shape index (κ2) is 4.14. The van der Waals surface area contributed by atoms with Gasteiger partial charge in [-0.25, -0.2) is 0 Å². The number of hydrogen-bond acceptors (Lipinski definition) is 2. The van der Waals surface area contributed by atoms with Crippen molar-refractivity contribution in [3.05, 3.63) is 28.8 Å². The first-order valence-electron chi connectivity index (χ1n) is 3.98. The minimum atomic E-state index is -0.448.